The number of unbranched alkanes of at least 4 members (excludes halogenated alkanes) is 1. The number of barbiturate groups is 1. The number of nitrogens with zero attached hydrogens (tertiary/aromatic N) is 1. The van der Waals surface area contributed by atoms with Crippen molar-refractivity contribution in [2.45, 2.75) is 51.4 Å². The van der Waals surface area contributed by atoms with E-state index in [-0.39, 0.29) is 18.9 Å². The van der Waals surface area contributed by atoms with E-state index in [4.69, 9.17) is 5.73 Å². The monoisotopic (exact) mass is 295 g/mol. The van der Waals surface area contributed by atoms with Crippen molar-refractivity contribution in [3.05, 3.63) is 0 Å². The van der Waals surface area contributed by atoms with Gasteiger partial charge in [-0.2, -0.15) is 0 Å². The zero-order valence-electron chi connectivity index (χ0n) is 12.0. The van der Waals surface area contributed by atoms with E-state index < -0.39 is 23.3 Å². The van der Waals surface area contributed by atoms with E-state index in [0.717, 1.165) is 24.2 Å². The largest absolute Gasteiger partial charge is 0.370 e. The van der Waals surface area contributed by atoms with E-state index in [1.807, 2.05) is 0 Å². The quantitative estimate of drug-likeness (QED) is 0.573. The Kier molecular flexibility index (Phi) is 4.59. The predicted octanol–water partition coefficient (Wildman–Crippen LogP) is 0.671. The standard InChI is InChI=1S/C14H21N3O4/c15-10(18)6-2-5-9-17-12(20)14(7-3-1-4-8-14)11(19)16-13(17)21/h1-9H2,(H2,15,18)(H,16,19,21). The van der Waals surface area contributed by atoms with Crippen LogP contribution in [0.5, 0.6) is 0 Å². The number of amides is 5. The molecule has 0 aromatic heterocycles. The second-order valence-electron chi connectivity index (χ2n) is 5.78. The summed E-state index contributed by atoms with van der Waals surface area (Å²) in [6.45, 7) is 0.215. The molecule has 2 fully saturated rings. The topological polar surface area (TPSA) is 110 Å². The highest BCUT2D eigenvalue weighted by Crippen LogP contribution is 2.40. The van der Waals surface area contributed by atoms with Crippen molar-refractivity contribution >= 4 is 23.8 Å². The summed E-state index contributed by atoms with van der Waals surface area (Å²) in [7, 11) is 0. The molecule has 1 aliphatic carbocycles. The summed E-state index contributed by atoms with van der Waals surface area (Å²) in [6.07, 6.45) is 4.92. The molecule has 1 saturated carbocycles. The highest BCUT2D eigenvalue weighted by molar-refractivity contribution is 6.19. The van der Waals surface area contributed by atoms with Crippen LogP contribution in [0.15, 0.2) is 0 Å². The molecule has 0 aromatic rings. The molecule has 2 aliphatic rings. The molecule has 1 spiro atoms. The fraction of sp³-hybridized carbons (Fsp3) is 0.714. The first-order chi connectivity index (χ1) is 9.97. The summed E-state index contributed by atoms with van der Waals surface area (Å²) in [4.78, 5) is 48.4. The number of nitrogens with two attached hydrogens (primary N) is 1. The Morgan fingerprint density at radius 1 is 1.14 bits per heavy atom. The summed E-state index contributed by atoms with van der Waals surface area (Å²) in [5.41, 5.74) is 3.99. The Hall–Kier alpha value is -1.92. The Morgan fingerprint density at radius 2 is 1.81 bits per heavy atom. The van der Waals surface area contributed by atoms with Crippen LogP contribution in [0.4, 0.5) is 4.79 Å². The second-order valence-corrected chi connectivity index (χ2v) is 5.78. The van der Waals surface area contributed by atoms with Crippen LogP contribution < -0.4 is 11.1 Å². The molecule has 0 unspecified atom stereocenters. The molecule has 1 saturated heterocycles. The Bertz CT molecular complexity index is 469. The van der Waals surface area contributed by atoms with E-state index in [9.17, 15) is 19.2 Å². The van der Waals surface area contributed by atoms with Crippen LogP contribution in [0.2, 0.25) is 0 Å². The maximum atomic E-state index is 12.6. The number of primary amides is 1. The fourth-order valence-electron chi connectivity index (χ4n) is 3.10. The van der Waals surface area contributed by atoms with Crippen molar-refractivity contribution in [1.29, 1.82) is 0 Å². The zero-order valence-corrected chi connectivity index (χ0v) is 12.0. The third-order valence-corrected chi connectivity index (χ3v) is 4.32. The number of carbonyl (C=O) groups is 4. The number of carbonyl (C=O) groups excluding carboxylic acids is 4. The van der Waals surface area contributed by atoms with Crippen LogP contribution in [0.1, 0.15) is 51.4 Å². The lowest BCUT2D eigenvalue weighted by atomic mass is 9.71. The molecule has 116 valence electrons. The minimum absolute atomic E-state index is 0.215. The van der Waals surface area contributed by atoms with Gasteiger partial charge in [0, 0.05) is 13.0 Å². The van der Waals surface area contributed by atoms with Gasteiger partial charge in [-0.1, -0.05) is 19.3 Å². The van der Waals surface area contributed by atoms with Crippen molar-refractivity contribution < 1.29 is 19.2 Å². The Morgan fingerprint density at radius 3 is 2.43 bits per heavy atom. The molecule has 2 rings (SSSR count). The molecule has 7 nitrogen and oxygen atoms in total. The van der Waals surface area contributed by atoms with E-state index >= 15 is 0 Å². The minimum atomic E-state index is -1.06. The molecule has 0 bridgehead atoms. The van der Waals surface area contributed by atoms with Gasteiger partial charge in [-0.3, -0.25) is 24.6 Å². The van der Waals surface area contributed by atoms with E-state index in [1.54, 1.807) is 0 Å². The van der Waals surface area contributed by atoms with Gasteiger partial charge in [-0.05, 0) is 25.7 Å². The van der Waals surface area contributed by atoms with Crippen molar-refractivity contribution in [3.63, 3.8) is 0 Å². The maximum Gasteiger partial charge on any atom is 0.330 e. The van der Waals surface area contributed by atoms with Crippen molar-refractivity contribution in [3.8, 4) is 0 Å². The van der Waals surface area contributed by atoms with Crippen LogP contribution in [0.3, 0.4) is 0 Å². The van der Waals surface area contributed by atoms with Crippen molar-refractivity contribution in [2.75, 3.05) is 6.54 Å². The Balaban J connectivity index is 2.03. The lowest BCUT2D eigenvalue weighted by Crippen LogP contribution is -2.64. The number of rotatable bonds is 5. The van der Waals surface area contributed by atoms with Gasteiger partial charge in [0.1, 0.15) is 5.41 Å². The van der Waals surface area contributed by atoms with E-state index in [2.05, 4.69) is 5.32 Å². The van der Waals surface area contributed by atoms with Gasteiger partial charge >= 0.3 is 6.03 Å². The molecule has 1 aliphatic heterocycles. The molecule has 1 heterocycles. The van der Waals surface area contributed by atoms with Crippen LogP contribution in [0.25, 0.3) is 0 Å². The predicted molar refractivity (Wildman–Crippen MR) is 73.8 cm³/mol. The van der Waals surface area contributed by atoms with Gasteiger partial charge in [-0.15, -0.1) is 0 Å². The molecule has 21 heavy (non-hydrogen) atoms. The molecular formula is C14H21N3O4. The molecule has 0 radical (unpaired) electrons. The lowest BCUT2D eigenvalue weighted by molar-refractivity contribution is -0.153. The minimum Gasteiger partial charge on any atom is -0.370 e. The van der Waals surface area contributed by atoms with Crippen LogP contribution >= 0.6 is 0 Å². The molecule has 0 atom stereocenters. The van der Waals surface area contributed by atoms with Gasteiger partial charge in [0.25, 0.3) is 0 Å². The maximum absolute atomic E-state index is 12.6. The summed E-state index contributed by atoms with van der Waals surface area (Å²) in [5, 5.41) is 2.31. The van der Waals surface area contributed by atoms with Gasteiger partial charge in [0.2, 0.25) is 17.7 Å². The third kappa shape index (κ3) is 3.06. The Labute approximate surface area is 123 Å². The fourth-order valence-corrected chi connectivity index (χ4v) is 3.10. The average molecular weight is 295 g/mol. The highest BCUT2D eigenvalue weighted by Gasteiger charge is 2.53. The average Bonchev–Trinajstić information content (AvgIpc) is 2.45. The van der Waals surface area contributed by atoms with Crippen LogP contribution in [-0.2, 0) is 14.4 Å². The molecular weight excluding hydrogens is 274 g/mol. The first kappa shape index (κ1) is 15.5. The van der Waals surface area contributed by atoms with Gasteiger partial charge in [-0.25, -0.2) is 4.79 Å². The number of hydrogen-bond acceptors (Lipinski definition) is 4. The lowest BCUT2D eigenvalue weighted by Gasteiger charge is -2.41. The molecule has 7 heteroatoms. The third-order valence-electron chi connectivity index (χ3n) is 4.32. The van der Waals surface area contributed by atoms with Crippen molar-refractivity contribution in [1.82, 2.24) is 10.2 Å². The van der Waals surface area contributed by atoms with E-state index in [1.165, 1.54) is 0 Å². The van der Waals surface area contributed by atoms with Crippen LogP contribution in [0, 0.1) is 5.41 Å². The SMILES string of the molecule is NC(=O)CCCCN1C(=O)NC(=O)C2(CCCCC2)C1=O. The first-order valence-electron chi connectivity index (χ1n) is 7.43. The zero-order chi connectivity index (χ0) is 15.5. The van der Waals surface area contributed by atoms with Gasteiger partial charge in [0.15, 0.2) is 0 Å². The summed E-state index contributed by atoms with van der Waals surface area (Å²) in [5.74, 6) is -1.23. The normalized spacial score (nSPS) is 21.5. The second kappa shape index (κ2) is 6.24. The first-order valence-corrected chi connectivity index (χ1v) is 7.43. The summed E-state index contributed by atoms with van der Waals surface area (Å²) >= 11 is 0. The smallest absolute Gasteiger partial charge is 0.330 e. The number of nitrogens with one attached hydrogen (secondary N) is 1. The number of urea groups is 1. The van der Waals surface area contributed by atoms with Gasteiger partial charge < -0.3 is 5.73 Å². The summed E-state index contributed by atoms with van der Waals surface area (Å²) < 4.78 is 0. The van der Waals surface area contributed by atoms with Crippen molar-refractivity contribution in [2.24, 2.45) is 11.1 Å². The van der Waals surface area contributed by atoms with Gasteiger partial charge in [0.05, 0.1) is 0 Å². The number of hydrogen-bond donors (Lipinski definition) is 2. The number of imide groups is 2. The van der Waals surface area contributed by atoms with E-state index in [0.29, 0.717) is 25.7 Å². The molecule has 0 aromatic carbocycles. The summed E-state index contributed by atoms with van der Waals surface area (Å²) in [6, 6.07) is -0.653. The molecule has 3 N–H and O–H groups in total. The molecule has 5 amide bonds. The van der Waals surface area contributed by atoms with Crippen LogP contribution in [-0.4, -0.2) is 35.2 Å². The highest BCUT2D eigenvalue weighted by atomic mass is 16.2.